The zero-order chi connectivity index (χ0) is 24.9. The number of hydrogen-bond donors (Lipinski definition) is 2. The minimum absolute atomic E-state index is 0.0403. The van der Waals surface area contributed by atoms with Crippen molar-refractivity contribution in [2.24, 2.45) is 11.7 Å². The van der Waals surface area contributed by atoms with Gasteiger partial charge in [-0.05, 0) is 77.9 Å². The molecule has 2 amide bonds. The Morgan fingerprint density at radius 1 is 1.20 bits per heavy atom. The summed E-state index contributed by atoms with van der Waals surface area (Å²) in [6, 6.07) is 8.83. The maximum absolute atomic E-state index is 13.8. The largest absolute Gasteiger partial charge is 0.416 e. The van der Waals surface area contributed by atoms with Crippen LogP contribution in [0.4, 0.5) is 18.0 Å². The molecule has 0 unspecified atom stereocenters. The number of benzene rings is 2. The summed E-state index contributed by atoms with van der Waals surface area (Å²) < 4.78 is 41.4. The lowest BCUT2D eigenvalue weighted by atomic mass is 9.80. The SMILES string of the molecule is N[C@H]1C[C@H](CN2C(=O)S/C(=C(/Cc3ccc(Cl)cc3C(F)(F)F)c3ccc4[nH]ncc4c3)C2=O)C1. The highest BCUT2D eigenvalue weighted by molar-refractivity contribution is 8.18. The van der Waals surface area contributed by atoms with Crippen molar-refractivity contribution >= 4 is 51.0 Å². The van der Waals surface area contributed by atoms with Crippen LogP contribution in [0.15, 0.2) is 47.5 Å². The van der Waals surface area contributed by atoms with Gasteiger partial charge in [0.2, 0.25) is 0 Å². The molecule has 1 saturated heterocycles. The summed E-state index contributed by atoms with van der Waals surface area (Å²) >= 11 is 6.62. The van der Waals surface area contributed by atoms with Crippen molar-refractivity contribution < 1.29 is 22.8 Å². The first-order chi connectivity index (χ1) is 16.6. The highest BCUT2D eigenvalue weighted by atomic mass is 35.5. The Hall–Kier alpha value is -2.82. The standard InChI is InChI=1S/C24H20ClF3N4O2S/c25-16-3-1-14(19(9-16)24(26,27)28)8-18(13-2-4-20-15(7-13)10-30-31-20)21-22(33)32(23(34)35-21)11-12-5-17(29)6-12/h1-4,7,9-10,12,17H,5-6,8,11,29H2,(H,30,31)/b21-18-/t12-,17-. The van der Waals surface area contributed by atoms with Crippen LogP contribution in [0, 0.1) is 5.92 Å². The molecule has 2 fully saturated rings. The van der Waals surface area contributed by atoms with Crippen LogP contribution in [0.3, 0.4) is 0 Å². The van der Waals surface area contributed by atoms with Crippen molar-refractivity contribution in [2.75, 3.05) is 6.54 Å². The van der Waals surface area contributed by atoms with E-state index in [0.717, 1.165) is 41.6 Å². The summed E-state index contributed by atoms with van der Waals surface area (Å²) in [5.41, 5.74) is 6.54. The zero-order valence-corrected chi connectivity index (χ0v) is 19.8. The number of aromatic nitrogens is 2. The van der Waals surface area contributed by atoms with E-state index < -0.39 is 22.9 Å². The van der Waals surface area contributed by atoms with Crippen molar-refractivity contribution in [1.82, 2.24) is 15.1 Å². The molecule has 0 atom stereocenters. The van der Waals surface area contributed by atoms with E-state index in [-0.39, 0.29) is 40.4 Å². The molecule has 0 radical (unpaired) electrons. The number of nitrogens with one attached hydrogen (secondary N) is 1. The Balaban J connectivity index is 1.59. The van der Waals surface area contributed by atoms with Gasteiger partial charge in [-0.2, -0.15) is 18.3 Å². The number of aromatic amines is 1. The number of H-pyrrole nitrogens is 1. The number of halogens is 4. The number of amides is 2. The summed E-state index contributed by atoms with van der Waals surface area (Å²) in [7, 11) is 0. The van der Waals surface area contributed by atoms with Gasteiger partial charge in [0, 0.05) is 23.0 Å². The van der Waals surface area contributed by atoms with Gasteiger partial charge in [-0.15, -0.1) is 0 Å². The fraction of sp³-hybridized carbons (Fsp3) is 0.292. The van der Waals surface area contributed by atoms with E-state index in [4.69, 9.17) is 17.3 Å². The molecule has 11 heteroatoms. The van der Waals surface area contributed by atoms with Crippen molar-refractivity contribution in [3.8, 4) is 0 Å². The van der Waals surface area contributed by atoms with Crippen molar-refractivity contribution in [2.45, 2.75) is 31.5 Å². The lowest BCUT2D eigenvalue weighted by molar-refractivity contribution is -0.138. The first-order valence-electron chi connectivity index (χ1n) is 10.9. The van der Waals surface area contributed by atoms with Gasteiger partial charge in [-0.1, -0.05) is 23.7 Å². The number of thioether (sulfide) groups is 1. The summed E-state index contributed by atoms with van der Waals surface area (Å²) in [6.45, 7) is 0.255. The number of nitrogens with zero attached hydrogens (tertiary/aromatic N) is 2. The van der Waals surface area contributed by atoms with E-state index in [9.17, 15) is 22.8 Å². The molecule has 3 aromatic rings. The number of allylic oxidation sites excluding steroid dienone is 1. The Labute approximate surface area is 207 Å². The van der Waals surface area contributed by atoms with Gasteiger partial charge in [0.05, 0.1) is 22.2 Å². The number of carbonyl (C=O) groups excluding carboxylic acids is 2. The Morgan fingerprint density at radius 3 is 2.69 bits per heavy atom. The lowest BCUT2D eigenvalue weighted by Crippen LogP contribution is -2.44. The molecule has 5 rings (SSSR count). The number of fused-ring (bicyclic) bond motifs is 1. The van der Waals surface area contributed by atoms with Crippen LogP contribution in [-0.4, -0.2) is 38.8 Å². The second-order valence-corrected chi connectivity index (χ2v) is 10.2. The van der Waals surface area contributed by atoms with E-state index in [2.05, 4.69) is 10.2 Å². The second kappa shape index (κ2) is 9.00. The Morgan fingerprint density at radius 2 is 1.97 bits per heavy atom. The molecular weight excluding hydrogens is 501 g/mol. The summed E-state index contributed by atoms with van der Waals surface area (Å²) in [6.07, 6.45) is -1.80. The van der Waals surface area contributed by atoms with Crippen LogP contribution in [0.2, 0.25) is 5.02 Å². The molecule has 1 aliphatic carbocycles. The molecule has 1 aromatic heterocycles. The predicted octanol–water partition coefficient (Wildman–Crippen LogP) is 5.62. The molecule has 0 bridgehead atoms. The minimum Gasteiger partial charge on any atom is -0.328 e. The van der Waals surface area contributed by atoms with Gasteiger partial charge >= 0.3 is 6.18 Å². The number of rotatable bonds is 5. The van der Waals surface area contributed by atoms with Crippen LogP contribution >= 0.6 is 23.4 Å². The highest BCUT2D eigenvalue weighted by Crippen LogP contribution is 2.42. The molecule has 3 N–H and O–H groups in total. The van der Waals surface area contributed by atoms with E-state index in [1.165, 1.54) is 17.0 Å². The van der Waals surface area contributed by atoms with Gasteiger partial charge in [-0.3, -0.25) is 19.6 Å². The number of hydrogen-bond acceptors (Lipinski definition) is 5. The molecule has 35 heavy (non-hydrogen) atoms. The maximum Gasteiger partial charge on any atom is 0.416 e. The monoisotopic (exact) mass is 520 g/mol. The molecule has 2 aliphatic rings. The number of imide groups is 1. The topological polar surface area (TPSA) is 92.1 Å². The zero-order valence-electron chi connectivity index (χ0n) is 18.2. The van der Waals surface area contributed by atoms with Gasteiger partial charge in [-0.25, -0.2) is 0 Å². The highest BCUT2D eigenvalue weighted by Gasteiger charge is 2.41. The molecule has 1 aliphatic heterocycles. The van der Waals surface area contributed by atoms with Gasteiger partial charge < -0.3 is 5.73 Å². The van der Waals surface area contributed by atoms with E-state index in [1.54, 1.807) is 24.4 Å². The van der Waals surface area contributed by atoms with Crippen LogP contribution in [-0.2, 0) is 17.4 Å². The summed E-state index contributed by atoms with van der Waals surface area (Å²) in [5, 5.41) is 7.07. The van der Waals surface area contributed by atoms with Crippen LogP contribution in [0.25, 0.3) is 16.5 Å². The molecule has 6 nitrogen and oxygen atoms in total. The van der Waals surface area contributed by atoms with Crippen LogP contribution < -0.4 is 5.73 Å². The third-order valence-corrected chi connectivity index (χ3v) is 7.62. The van der Waals surface area contributed by atoms with E-state index in [1.807, 2.05) is 0 Å². The van der Waals surface area contributed by atoms with Crippen LogP contribution in [0.1, 0.15) is 29.5 Å². The first-order valence-corrected chi connectivity index (χ1v) is 12.1. The molecule has 2 aromatic carbocycles. The average Bonchev–Trinajstić information content (AvgIpc) is 3.35. The van der Waals surface area contributed by atoms with Gasteiger partial charge in [0.1, 0.15) is 0 Å². The van der Waals surface area contributed by atoms with E-state index in [0.29, 0.717) is 11.1 Å². The smallest absolute Gasteiger partial charge is 0.328 e. The number of nitrogens with two attached hydrogens (primary N) is 1. The number of alkyl halides is 3. The van der Waals surface area contributed by atoms with Crippen molar-refractivity contribution in [3.63, 3.8) is 0 Å². The quantitative estimate of drug-likeness (QED) is 0.426. The van der Waals surface area contributed by atoms with Crippen molar-refractivity contribution in [1.29, 1.82) is 0 Å². The molecule has 0 spiro atoms. The minimum atomic E-state index is -4.64. The normalized spacial score (nSPS) is 22.1. The lowest BCUT2D eigenvalue weighted by Gasteiger charge is -2.34. The van der Waals surface area contributed by atoms with Crippen molar-refractivity contribution in [3.05, 3.63) is 69.2 Å². The van der Waals surface area contributed by atoms with Gasteiger partial charge in [0.15, 0.2) is 0 Å². The Kier molecular flexibility index (Phi) is 6.14. The maximum atomic E-state index is 13.8. The Bertz CT molecular complexity index is 1360. The molecule has 2 heterocycles. The summed E-state index contributed by atoms with van der Waals surface area (Å²) in [5.74, 6) is -0.359. The molecule has 1 saturated carbocycles. The predicted molar refractivity (Wildman–Crippen MR) is 129 cm³/mol. The number of carbonyl (C=O) groups is 2. The fourth-order valence-electron chi connectivity index (χ4n) is 4.54. The molecule has 182 valence electrons. The van der Waals surface area contributed by atoms with Gasteiger partial charge in [0.25, 0.3) is 11.1 Å². The third-order valence-electron chi connectivity index (χ3n) is 6.37. The summed E-state index contributed by atoms with van der Waals surface area (Å²) in [4.78, 5) is 27.4. The second-order valence-electron chi connectivity index (χ2n) is 8.84. The third kappa shape index (κ3) is 4.70. The van der Waals surface area contributed by atoms with Crippen LogP contribution in [0.5, 0.6) is 0 Å². The average molecular weight is 521 g/mol. The van der Waals surface area contributed by atoms with E-state index >= 15 is 0 Å². The molecular formula is C24H20ClF3N4O2S. The first kappa shape index (κ1) is 23.9. The fourth-order valence-corrected chi connectivity index (χ4v) is 5.66.